The van der Waals surface area contributed by atoms with Crippen molar-refractivity contribution in [3.05, 3.63) is 29.3 Å². The average molecular weight is 191 g/mol. The van der Waals surface area contributed by atoms with Crippen LogP contribution in [0.2, 0.25) is 0 Å². The van der Waals surface area contributed by atoms with Gasteiger partial charge in [0.05, 0.1) is 6.42 Å². The minimum atomic E-state index is -0.196. The van der Waals surface area contributed by atoms with E-state index in [4.69, 9.17) is 4.84 Å². The van der Waals surface area contributed by atoms with Crippen LogP contribution < -0.4 is 10.3 Å². The van der Waals surface area contributed by atoms with Gasteiger partial charge in [-0.15, -0.1) is 0 Å². The Kier molecular flexibility index (Phi) is 1.96. The quantitative estimate of drug-likeness (QED) is 0.669. The summed E-state index contributed by atoms with van der Waals surface area (Å²) in [6.07, 6.45) is 0.260. The van der Waals surface area contributed by atoms with Crippen molar-refractivity contribution in [3.8, 4) is 5.75 Å². The Morgan fingerprint density at radius 1 is 1.50 bits per heavy atom. The second-order valence-corrected chi connectivity index (χ2v) is 3.18. The highest BCUT2D eigenvalue weighted by Crippen LogP contribution is 2.22. The van der Waals surface area contributed by atoms with Crippen LogP contribution in [0.1, 0.15) is 22.8 Å². The van der Waals surface area contributed by atoms with Gasteiger partial charge < -0.3 is 4.84 Å². The largest absolute Gasteiger partial charge is 0.379 e. The van der Waals surface area contributed by atoms with Crippen LogP contribution in [0.5, 0.6) is 5.75 Å². The van der Waals surface area contributed by atoms with Gasteiger partial charge in [-0.05, 0) is 25.1 Å². The maximum absolute atomic E-state index is 11.1. The average Bonchev–Trinajstić information content (AvgIpc) is 2.16. The molecule has 1 heterocycles. The van der Waals surface area contributed by atoms with E-state index in [1.165, 1.54) is 6.92 Å². The second kappa shape index (κ2) is 3.14. The number of carbonyl (C=O) groups is 2. The molecule has 0 atom stereocenters. The van der Waals surface area contributed by atoms with Gasteiger partial charge in [0.1, 0.15) is 0 Å². The summed E-state index contributed by atoms with van der Waals surface area (Å²) in [6.45, 7) is 1.49. The van der Waals surface area contributed by atoms with E-state index in [1.54, 1.807) is 18.2 Å². The van der Waals surface area contributed by atoms with Crippen LogP contribution in [-0.4, -0.2) is 11.7 Å². The lowest BCUT2D eigenvalue weighted by Gasteiger charge is -2.16. The van der Waals surface area contributed by atoms with Crippen LogP contribution in [0.4, 0.5) is 0 Å². The standard InChI is InChI=1S/C10H9NO3/c1-6(12)7-2-3-9-8(4-7)5-10(13)11-14-9/h2-4H,5H2,1H3,(H,11,13). The lowest BCUT2D eigenvalue weighted by Crippen LogP contribution is -2.33. The number of benzene rings is 1. The molecular formula is C10H9NO3. The van der Waals surface area contributed by atoms with Gasteiger partial charge in [0.15, 0.2) is 11.5 Å². The van der Waals surface area contributed by atoms with Crippen LogP contribution in [0, 0.1) is 0 Å². The van der Waals surface area contributed by atoms with Gasteiger partial charge in [-0.3, -0.25) is 9.59 Å². The second-order valence-electron chi connectivity index (χ2n) is 3.18. The van der Waals surface area contributed by atoms with Crippen molar-refractivity contribution in [2.45, 2.75) is 13.3 Å². The molecule has 1 aromatic rings. The number of ketones is 1. The van der Waals surface area contributed by atoms with Gasteiger partial charge in [-0.1, -0.05) is 0 Å². The molecule has 4 heteroatoms. The van der Waals surface area contributed by atoms with Crippen LogP contribution in [0.25, 0.3) is 0 Å². The first-order valence-corrected chi connectivity index (χ1v) is 4.26. The molecule has 1 aromatic carbocycles. The fourth-order valence-electron chi connectivity index (χ4n) is 1.36. The molecule has 2 rings (SSSR count). The Morgan fingerprint density at radius 2 is 2.29 bits per heavy atom. The molecule has 14 heavy (non-hydrogen) atoms. The van der Waals surface area contributed by atoms with Gasteiger partial charge in [0.2, 0.25) is 0 Å². The van der Waals surface area contributed by atoms with E-state index in [2.05, 4.69) is 5.48 Å². The Morgan fingerprint density at radius 3 is 3.00 bits per heavy atom. The summed E-state index contributed by atoms with van der Waals surface area (Å²) in [5.41, 5.74) is 3.61. The summed E-state index contributed by atoms with van der Waals surface area (Å²) >= 11 is 0. The molecule has 1 aliphatic rings. The van der Waals surface area contributed by atoms with Gasteiger partial charge in [0.25, 0.3) is 5.91 Å². The Bertz CT molecular complexity index is 412. The molecular weight excluding hydrogens is 182 g/mol. The van der Waals surface area contributed by atoms with Crippen LogP contribution in [-0.2, 0) is 11.2 Å². The van der Waals surface area contributed by atoms with Gasteiger partial charge in [-0.25, -0.2) is 0 Å². The Hall–Kier alpha value is -1.84. The summed E-state index contributed by atoms with van der Waals surface area (Å²) in [5, 5.41) is 0. The molecule has 1 aliphatic heterocycles. The topological polar surface area (TPSA) is 55.4 Å². The fourth-order valence-corrected chi connectivity index (χ4v) is 1.36. The number of nitrogens with one attached hydrogen (secondary N) is 1. The zero-order valence-corrected chi connectivity index (χ0v) is 7.66. The minimum absolute atomic E-state index is 0.0150. The van der Waals surface area contributed by atoms with Gasteiger partial charge >= 0.3 is 0 Å². The first kappa shape index (κ1) is 8.74. The number of rotatable bonds is 1. The van der Waals surface area contributed by atoms with E-state index in [-0.39, 0.29) is 18.1 Å². The number of amides is 1. The predicted octanol–water partition coefficient (Wildman–Crippen LogP) is 0.855. The van der Waals surface area contributed by atoms with E-state index in [0.717, 1.165) is 5.56 Å². The molecule has 0 aliphatic carbocycles. The van der Waals surface area contributed by atoms with E-state index in [1.807, 2.05) is 0 Å². The first-order valence-electron chi connectivity index (χ1n) is 4.26. The molecule has 1 amide bonds. The van der Waals surface area contributed by atoms with E-state index < -0.39 is 0 Å². The molecule has 4 nitrogen and oxygen atoms in total. The number of Topliss-reactive ketones (excluding diaryl/α,β-unsaturated/α-hetero) is 1. The predicted molar refractivity (Wildman–Crippen MR) is 48.9 cm³/mol. The smallest absolute Gasteiger partial charge is 0.257 e. The molecule has 0 radical (unpaired) electrons. The highest BCUT2D eigenvalue weighted by Gasteiger charge is 2.17. The molecule has 1 N–H and O–H groups in total. The molecule has 0 spiro atoms. The maximum Gasteiger partial charge on any atom is 0.257 e. The summed E-state index contributed by atoms with van der Waals surface area (Å²) in [6, 6.07) is 5.06. The maximum atomic E-state index is 11.1. The molecule has 0 bridgehead atoms. The van der Waals surface area contributed by atoms with Crippen molar-refractivity contribution >= 4 is 11.7 Å². The summed E-state index contributed by atoms with van der Waals surface area (Å²) < 4.78 is 0. The monoisotopic (exact) mass is 191 g/mol. The minimum Gasteiger partial charge on any atom is -0.379 e. The number of hydrogen-bond donors (Lipinski definition) is 1. The first-order chi connectivity index (χ1) is 6.66. The van der Waals surface area contributed by atoms with Crippen molar-refractivity contribution in [3.63, 3.8) is 0 Å². The molecule has 0 unspecified atom stereocenters. The Balaban J connectivity index is 2.42. The molecule has 0 saturated carbocycles. The normalized spacial score (nSPS) is 13.9. The highest BCUT2D eigenvalue weighted by molar-refractivity contribution is 5.95. The number of hydrogen-bond acceptors (Lipinski definition) is 3. The van der Waals surface area contributed by atoms with Crippen molar-refractivity contribution in [1.82, 2.24) is 5.48 Å². The van der Waals surface area contributed by atoms with Crippen LogP contribution >= 0.6 is 0 Å². The summed E-state index contributed by atoms with van der Waals surface area (Å²) in [5.74, 6) is 0.395. The van der Waals surface area contributed by atoms with E-state index >= 15 is 0 Å². The van der Waals surface area contributed by atoms with Gasteiger partial charge in [0, 0.05) is 11.1 Å². The third-order valence-corrected chi connectivity index (χ3v) is 2.09. The van der Waals surface area contributed by atoms with E-state index in [0.29, 0.717) is 11.3 Å². The highest BCUT2D eigenvalue weighted by atomic mass is 16.7. The number of fused-ring (bicyclic) bond motifs is 1. The third kappa shape index (κ3) is 1.46. The SMILES string of the molecule is CC(=O)c1ccc2c(c1)CC(=O)NO2. The fraction of sp³-hybridized carbons (Fsp3) is 0.200. The van der Waals surface area contributed by atoms with Crippen molar-refractivity contribution in [2.24, 2.45) is 0 Å². The van der Waals surface area contributed by atoms with Crippen LogP contribution in [0.15, 0.2) is 18.2 Å². The molecule has 72 valence electrons. The van der Waals surface area contributed by atoms with Crippen LogP contribution in [0.3, 0.4) is 0 Å². The van der Waals surface area contributed by atoms with Gasteiger partial charge in [-0.2, -0.15) is 5.48 Å². The lowest BCUT2D eigenvalue weighted by atomic mass is 10.0. The zero-order chi connectivity index (χ0) is 10.1. The molecule has 0 saturated heterocycles. The molecule has 0 fully saturated rings. The lowest BCUT2D eigenvalue weighted by molar-refractivity contribution is -0.128. The Labute approximate surface area is 80.8 Å². The number of hydroxylamine groups is 1. The van der Waals surface area contributed by atoms with Crippen molar-refractivity contribution in [1.29, 1.82) is 0 Å². The summed E-state index contributed by atoms with van der Waals surface area (Å²) in [4.78, 5) is 27.0. The van der Waals surface area contributed by atoms with Crippen molar-refractivity contribution in [2.75, 3.05) is 0 Å². The number of carbonyl (C=O) groups excluding carboxylic acids is 2. The van der Waals surface area contributed by atoms with E-state index in [9.17, 15) is 9.59 Å². The summed E-state index contributed by atoms with van der Waals surface area (Å²) in [7, 11) is 0. The zero-order valence-electron chi connectivity index (χ0n) is 7.66. The van der Waals surface area contributed by atoms with Crippen molar-refractivity contribution < 1.29 is 14.4 Å². The third-order valence-electron chi connectivity index (χ3n) is 2.09. The molecule has 0 aromatic heterocycles.